The smallest absolute Gasteiger partial charge is 0.124 e. The van der Waals surface area contributed by atoms with E-state index < -0.39 is 0 Å². The molecule has 0 spiro atoms. The highest BCUT2D eigenvalue weighted by atomic mass is 16.5. The van der Waals surface area contributed by atoms with Gasteiger partial charge in [-0.3, -0.25) is 4.68 Å². The first-order valence-electron chi connectivity index (χ1n) is 6.67. The van der Waals surface area contributed by atoms with E-state index in [1.54, 1.807) is 7.11 Å². The highest BCUT2D eigenvalue weighted by Gasteiger charge is 2.09. The van der Waals surface area contributed by atoms with E-state index in [0.717, 1.165) is 30.8 Å². The molecule has 0 radical (unpaired) electrons. The van der Waals surface area contributed by atoms with Crippen molar-refractivity contribution in [1.29, 1.82) is 0 Å². The normalized spacial score (nSPS) is 10.7. The minimum Gasteiger partial charge on any atom is -0.496 e. The maximum Gasteiger partial charge on any atom is 0.124 e. The van der Waals surface area contributed by atoms with Gasteiger partial charge in [-0.1, -0.05) is 22.9 Å². The summed E-state index contributed by atoms with van der Waals surface area (Å²) >= 11 is 0. The van der Waals surface area contributed by atoms with Crippen LogP contribution in [0.4, 0.5) is 0 Å². The zero-order chi connectivity index (χ0) is 13.8. The van der Waals surface area contributed by atoms with Crippen LogP contribution in [-0.2, 0) is 19.4 Å². The zero-order valence-electron chi connectivity index (χ0n) is 12.1. The lowest BCUT2D eigenvalue weighted by Crippen LogP contribution is -1.99. The van der Waals surface area contributed by atoms with Gasteiger partial charge >= 0.3 is 0 Å². The molecule has 0 aliphatic heterocycles. The summed E-state index contributed by atoms with van der Waals surface area (Å²) in [6.45, 7) is 7.12. The quantitative estimate of drug-likeness (QED) is 0.829. The number of ether oxygens (including phenoxy) is 1. The summed E-state index contributed by atoms with van der Waals surface area (Å²) in [5, 5.41) is 8.23. The molecule has 1 aromatic heterocycles. The Hall–Kier alpha value is -1.84. The van der Waals surface area contributed by atoms with E-state index in [1.807, 2.05) is 10.9 Å². The minimum atomic E-state index is 0.861. The van der Waals surface area contributed by atoms with Crippen LogP contribution in [0.25, 0.3) is 0 Å². The molecule has 2 rings (SSSR count). The number of nitrogens with zero attached hydrogens (tertiary/aromatic N) is 3. The Morgan fingerprint density at radius 1 is 1.21 bits per heavy atom. The molecule has 0 amide bonds. The van der Waals surface area contributed by atoms with E-state index in [4.69, 9.17) is 4.74 Å². The zero-order valence-corrected chi connectivity index (χ0v) is 12.1. The van der Waals surface area contributed by atoms with Gasteiger partial charge in [0.15, 0.2) is 0 Å². The summed E-state index contributed by atoms with van der Waals surface area (Å²) < 4.78 is 7.36. The minimum absolute atomic E-state index is 0.861. The van der Waals surface area contributed by atoms with Crippen molar-refractivity contribution in [2.45, 2.75) is 40.2 Å². The summed E-state index contributed by atoms with van der Waals surface area (Å²) in [4.78, 5) is 0. The lowest BCUT2D eigenvalue weighted by Gasteiger charge is -2.12. The van der Waals surface area contributed by atoms with Gasteiger partial charge in [0.1, 0.15) is 5.75 Å². The number of hydrogen-bond acceptors (Lipinski definition) is 3. The summed E-state index contributed by atoms with van der Waals surface area (Å²) in [6, 6.07) is 4.34. The van der Waals surface area contributed by atoms with Gasteiger partial charge < -0.3 is 4.74 Å². The Bertz CT molecular complexity index is 561. The highest BCUT2D eigenvalue weighted by Crippen LogP contribution is 2.26. The third-order valence-corrected chi connectivity index (χ3v) is 3.26. The van der Waals surface area contributed by atoms with Gasteiger partial charge in [0.05, 0.1) is 12.8 Å². The second kappa shape index (κ2) is 5.87. The molecule has 1 aromatic carbocycles. The van der Waals surface area contributed by atoms with Crippen molar-refractivity contribution >= 4 is 0 Å². The fourth-order valence-corrected chi connectivity index (χ4v) is 2.39. The van der Waals surface area contributed by atoms with Crippen molar-refractivity contribution in [1.82, 2.24) is 15.0 Å². The topological polar surface area (TPSA) is 39.9 Å². The number of hydrogen-bond donors (Lipinski definition) is 0. The average Bonchev–Trinajstić information content (AvgIpc) is 2.83. The summed E-state index contributed by atoms with van der Waals surface area (Å²) in [5.74, 6) is 0.994. The maximum absolute atomic E-state index is 5.50. The molecule has 4 nitrogen and oxygen atoms in total. The monoisotopic (exact) mass is 259 g/mol. The Morgan fingerprint density at radius 3 is 2.63 bits per heavy atom. The van der Waals surface area contributed by atoms with E-state index in [0.29, 0.717) is 0 Å². The van der Waals surface area contributed by atoms with Gasteiger partial charge in [-0.2, -0.15) is 0 Å². The summed E-state index contributed by atoms with van der Waals surface area (Å²) in [6.07, 6.45) is 3.82. The Kier molecular flexibility index (Phi) is 4.20. The SMILES string of the molecule is CCn1cc(CCc2cc(C)cc(C)c2OC)nn1. The molecule has 0 unspecified atom stereocenters. The Morgan fingerprint density at radius 2 is 2.00 bits per heavy atom. The number of methoxy groups -OCH3 is 1. The molecule has 0 saturated carbocycles. The van der Waals surface area contributed by atoms with Crippen LogP contribution in [-0.4, -0.2) is 22.1 Å². The van der Waals surface area contributed by atoms with Crippen LogP contribution in [0.5, 0.6) is 5.75 Å². The average molecular weight is 259 g/mol. The van der Waals surface area contributed by atoms with Crippen molar-refractivity contribution in [2.24, 2.45) is 0 Å². The van der Waals surface area contributed by atoms with Gasteiger partial charge in [-0.15, -0.1) is 5.10 Å². The molecule has 0 saturated heterocycles. The van der Waals surface area contributed by atoms with Gasteiger partial charge in [0, 0.05) is 12.7 Å². The van der Waals surface area contributed by atoms with Crippen LogP contribution in [0.2, 0.25) is 0 Å². The lowest BCUT2D eigenvalue weighted by atomic mass is 10.0. The predicted molar refractivity (Wildman–Crippen MR) is 75.6 cm³/mol. The van der Waals surface area contributed by atoms with Crippen LogP contribution >= 0.6 is 0 Å². The molecule has 0 aliphatic rings. The highest BCUT2D eigenvalue weighted by molar-refractivity contribution is 5.44. The molecule has 102 valence electrons. The largest absolute Gasteiger partial charge is 0.496 e. The lowest BCUT2D eigenvalue weighted by molar-refractivity contribution is 0.406. The molecule has 0 aliphatic carbocycles. The van der Waals surface area contributed by atoms with Crippen molar-refractivity contribution in [3.8, 4) is 5.75 Å². The number of benzene rings is 1. The van der Waals surface area contributed by atoms with Gasteiger partial charge in [0.25, 0.3) is 0 Å². The number of rotatable bonds is 5. The maximum atomic E-state index is 5.50. The third kappa shape index (κ3) is 3.13. The Labute approximate surface area is 114 Å². The first kappa shape index (κ1) is 13.6. The summed E-state index contributed by atoms with van der Waals surface area (Å²) in [7, 11) is 1.73. The van der Waals surface area contributed by atoms with E-state index >= 15 is 0 Å². The van der Waals surface area contributed by atoms with E-state index in [2.05, 4.69) is 43.2 Å². The fraction of sp³-hybridized carbons (Fsp3) is 0.467. The molecular weight excluding hydrogens is 238 g/mol. The van der Waals surface area contributed by atoms with E-state index in [-0.39, 0.29) is 0 Å². The van der Waals surface area contributed by atoms with Crippen molar-refractivity contribution in [3.05, 3.63) is 40.7 Å². The van der Waals surface area contributed by atoms with Crippen molar-refractivity contribution in [2.75, 3.05) is 7.11 Å². The molecule has 2 aromatic rings. The first-order valence-corrected chi connectivity index (χ1v) is 6.67. The standard InChI is InChI=1S/C15H21N3O/c1-5-18-10-14(16-17-18)7-6-13-9-11(2)8-12(3)15(13)19-4/h8-10H,5-7H2,1-4H3. The van der Waals surface area contributed by atoms with Crippen LogP contribution in [0, 0.1) is 13.8 Å². The van der Waals surface area contributed by atoms with Crippen LogP contribution in [0.15, 0.2) is 18.3 Å². The van der Waals surface area contributed by atoms with Crippen molar-refractivity contribution < 1.29 is 4.74 Å². The predicted octanol–water partition coefficient (Wildman–Crippen LogP) is 2.71. The first-order chi connectivity index (χ1) is 9.13. The number of aromatic nitrogens is 3. The molecule has 1 heterocycles. The molecule has 0 atom stereocenters. The Balaban J connectivity index is 2.14. The molecule has 0 bridgehead atoms. The summed E-state index contributed by atoms with van der Waals surface area (Å²) in [5.41, 5.74) is 4.73. The van der Waals surface area contributed by atoms with Gasteiger partial charge in [-0.25, -0.2) is 0 Å². The van der Waals surface area contributed by atoms with Crippen molar-refractivity contribution in [3.63, 3.8) is 0 Å². The molecule has 0 N–H and O–H groups in total. The second-order valence-electron chi connectivity index (χ2n) is 4.84. The van der Waals surface area contributed by atoms with Gasteiger partial charge in [0.2, 0.25) is 0 Å². The van der Waals surface area contributed by atoms with Crippen LogP contribution in [0.3, 0.4) is 0 Å². The fourth-order valence-electron chi connectivity index (χ4n) is 2.39. The second-order valence-corrected chi connectivity index (χ2v) is 4.84. The van der Waals surface area contributed by atoms with Crippen LogP contribution < -0.4 is 4.74 Å². The van der Waals surface area contributed by atoms with Gasteiger partial charge in [-0.05, 0) is 44.7 Å². The molecule has 0 fully saturated rings. The number of aryl methyl sites for hydroxylation is 5. The molecule has 19 heavy (non-hydrogen) atoms. The van der Waals surface area contributed by atoms with E-state index in [9.17, 15) is 0 Å². The molecular formula is C15H21N3O. The molecule has 4 heteroatoms. The third-order valence-electron chi connectivity index (χ3n) is 3.26. The van der Waals surface area contributed by atoms with E-state index in [1.165, 1.54) is 16.7 Å². The van der Waals surface area contributed by atoms with Crippen LogP contribution in [0.1, 0.15) is 29.3 Å².